The van der Waals surface area contributed by atoms with Crippen molar-refractivity contribution in [1.82, 2.24) is 0 Å². The number of nitrogens with two attached hydrogens (primary N) is 1. The van der Waals surface area contributed by atoms with Crippen LogP contribution in [0, 0.1) is 13.8 Å². The Morgan fingerprint density at radius 1 is 0.955 bits per heavy atom. The minimum atomic E-state index is 0.264. The number of hydrogen-bond donors (Lipinski definition) is 1. The van der Waals surface area contributed by atoms with Gasteiger partial charge in [0, 0.05) is 5.92 Å². The molecule has 0 fully saturated rings. The van der Waals surface area contributed by atoms with Gasteiger partial charge in [-0.05, 0) is 67.3 Å². The lowest BCUT2D eigenvalue weighted by Crippen LogP contribution is -2.15. The van der Waals surface area contributed by atoms with Crippen LogP contribution in [0.5, 0.6) is 11.5 Å². The highest BCUT2D eigenvalue weighted by molar-refractivity contribution is 5.42. The van der Waals surface area contributed by atoms with E-state index in [0.717, 1.165) is 23.5 Å². The van der Waals surface area contributed by atoms with Crippen LogP contribution in [0.1, 0.15) is 28.2 Å². The van der Waals surface area contributed by atoms with Crippen LogP contribution in [0.4, 0.5) is 0 Å². The zero-order valence-electron chi connectivity index (χ0n) is 13.8. The number of benzene rings is 2. The number of hydrogen-bond acceptors (Lipinski definition) is 3. The fraction of sp³-hybridized carbons (Fsp3) is 0.368. The van der Waals surface area contributed by atoms with Crippen molar-refractivity contribution in [3.05, 3.63) is 58.7 Å². The summed E-state index contributed by atoms with van der Waals surface area (Å²) in [5, 5.41) is 0. The first-order valence-electron chi connectivity index (χ1n) is 7.57. The van der Waals surface area contributed by atoms with E-state index in [0.29, 0.717) is 6.54 Å². The Bertz CT molecular complexity index is 637. The molecular weight excluding hydrogens is 274 g/mol. The summed E-state index contributed by atoms with van der Waals surface area (Å²) >= 11 is 0. The lowest BCUT2D eigenvalue weighted by molar-refractivity contribution is 0.397. The Hall–Kier alpha value is -2.00. The zero-order chi connectivity index (χ0) is 16.1. The van der Waals surface area contributed by atoms with Crippen molar-refractivity contribution >= 4 is 0 Å². The van der Waals surface area contributed by atoms with Crippen LogP contribution < -0.4 is 15.2 Å². The molecule has 0 amide bonds. The molecule has 118 valence electrons. The predicted octanol–water partition coefficient (Wildman–Crippen LogP) is 3.61. The molecule has 0 heterocycles. The van der Waals surface area contributed by atoms with E-state index in [-0.39, 0.29) is 5.92 Å². The fourth-order valence-electron chi connectivity index (χ4n) is 2.66. The molecule has 2 rings (SSSR count). The third-order valence-corrected chi connectivity index (χ3v) is 4.24. The maximum absolute atomic E-state index is 6.03. The highest BCUT2D eigenvalue weighted by atomic mass is 16.5. The molecule has 0 saturated carbocycles. The molecule has 0 saturated heterocycles. The lowest BCUT2D eigenvalue weighted by Gasteiger charge is -2.19. The van der Waals surface area contributed by atoms with Gasteiger partial charge in [0.1, 0.15) is 11.5 Å². The molecule has 0 aliphatic rings. The first-order chi connectivity index (χ1) is 10.6. The van der Waals surface area contributed by atoms with E-state index in [1.807, 2.05) is 18.2 Å². The van der Waals surface area contributed by atoms with E-state index in [1.165, 1.54) is 16.7 Å². The topological polar surface area (TPSA) is 44.5 Å². The Labute approximate surface area is 133 Å². The second-order valence-electron chi connectivity index (χ2n) is 5.66. The normalized spacial score (nSPS) is 12.0. The average Bonchev–Trinajstić information content (AvgIpc) is 2.55. The van der Waals surface area contributed by atoms with Crippen molar-refractivity contribution < 1.29 is 9.47 Å². The number of methoxy groups -OCH3 is 2. The zero-order valence-corrected chi connectivity index (χ0v) is 13.8. The Morgan fingerprint density at radius 2 is 1.73 bits per heavy atom. The molecule has 0 aliphatic heterocycles. The third kappa shape index (κ3) is 3.60. The van der Waals surface area contributed by atoms with E-state index in [1.54, 1.807) is 14.2 Å². The first-order valence-corrected chi connectivity index (χ1v) is 7.57. The second-order valence-corrected chi connectivity index (χ2v) is 5.66. The first kappa shape index (κ1) is 16.4. The van der Waals surface area contributed by atoms with Gasteiger partial charge in [-0.25, -0.2) is 0 Å². The van der Waals surface area contributed by atoms with Gasteiger partial charge < -0.3 is 15.2 Å². The smallest absolute Gasteiger partial charge is 0.122 e. The summed E-state index contributed by atoms with van der Waals surface area (Å²) in [6, 6.07) is 12.5. The van der Waals surface area contributed by atoms with Gasteiger partial charge in [-0.15, -0.1) is 0 Å². The van der Waals surface area contributed by atoms with Crippen molar-refractivity contribution in [2.75, 3.05) is 20.8 Å². The van der Waals surface area contributed by atoms with E-state index in [2.05, 4.69) is 32.0 Å². The maximum Gasteiger partial charge on any atom is 0.122 e. The van der Waals surface area contributed by atoms with Crippen LogP contribution in [-0.4, -0.2) is 20.8 Å². The number of rotatable bonds is 6. The molecule has 1 atom stereocenters. The molecular formula is C19H25NO2. The molecule has 2 aromatic rings. The standard InChI is InChI=1S/C19H25NO2/c1-13-5-6-15(9-14(13)2)17(12-20)10-16-11-18(21-3)7-8-19(16)22-4/h5-9,11,17H,10,12,20H2,1-4H3. The van der Waals surface area contributed by atoms with E-state index in [4.69, 9.17) is 15.2 Å². The second kappa shape index (κ2) is 7.32. The highest BCUT2D eigenvalue weighted by Gasteiger charge is 2.15. The van der Waals surface area contributed by atoms with Crippen LogP contribution in [0.25, 0.3) is 0 Å². The van der Waals surface area contributed by atoms with Crippen LogP contribution >= 0.6 is 0 Å². The van der Waals surface area contributed by atoms with Gasteiger partial charge >= 0.3 is 0 Å². The molecule has 2 N–H and O–H groups in total. The van der Waals surface area contributed by atoms with Crippen molar-refractivity contribution in [2.24, 2.45) is 5.73 Å². The Kier molecular flexibility index (Phi) is 5.45. The van der Waals surface area contributed by atoms with E-state index < -0.39 is 0 Å². The van der Waals surface area contributed by atoms with Gasteiger partial charge in [-0.1, -0.05) is 18.2 Å². The summed E-state index contributed by atoms with van der Waals surface area (Å²) < 4.78 is 10.8. The molecule has 0 bridgehead atoms. The van der Waals surface area contributed by atoms with Crippen LogP contribution in [-0.2, 0) is 6.42 Å². The van der Waals surface area contributed by atoms with Crippen molar-refractivity contribution in [3.63, 3.8) is 0 Å². The maximum atomic E-state index is 6.03. The molecule has 22 heavy (non-hydrogen) atoms. The van der Waals surface area contributed by atoms with E-state index in [9.17, 15) is 0 Å². The monoisotopic (exact) mass is 299 g/mol. The van der Waals surface area contributed by atoms with Gasteiger partial charge in [0.15, 0.2) is 0 Å². The minimum Gasteiger partial charge on any atom is -0.497 e. The fourth-order valence-corrected chi connectivity index (χ4v) is 2.66. The van der Waals surface area contributed by atoms with Gasteiger partial charge in [0.05, 0.1) is 14.2 Å². The molecule has 3 nitrogen and oxygen atoms in total. The van der Waals surface area contributed by atoms with Gasteiger partial charge in [-0.3, -0.25) is 0 Å². The molecule has 2 aromatic carbocycles. The van der Waals surface area contributed by atoms with Gasteiger partial charge in [0.25, 0.3) is 0 Å². The predicted molar refractivity (Wildman–Crippen MR) is 91.0 cm³/mol. The van der Waals surface area contributed by atoms with Crippen LogP contribution in [0.15, 0.2) is 36.4 Å². The number of ether oxygens (including phenoxy) is 2. The van der Waals surface area contributed by atoms with Gasteiger partial charge in [0.2, 0.25) is 0 Å². The molecule has 0 aromatic heterocycles. The average molecular weight is 299 g/mol. The SMILES string of the molecule is COc1ccc(OC)c(CC(CN)c2ccc(C)c(C)c2)c1. The Balaban J connectivity index is 2.31. The van der Waals surface area contributed by atoms with Gasteiger partial charge in [-0.2, -0.15) is 0 Å². The lowest BCUT2D eigenvalue weighted by atomic mass is 9.90. The summed E-state index contributed by atoms with van der Waals surface area (Å²) in [6.45, 7) is 4.86. The quantitative estimate of drug-likeness (QED) is 0.886. The van der Waals surface area contributed by atoms with Crippen molar-refractivity contribution in [3.8, 4) is 11.5 Å². The molecule has 0 spiro atoms. The molecule has 0 aliphatic carbocycles. The Morgan fingerprint density at radius 3 is 2.32 bits per heavy atom. The molecule has 3 heteroatoms. The number of aryl methyl sites for hydroxylation is 2. The van der Waals surface area contributed by atoms with Crippen molar-refractivity contribution in [1.29, 1.82) is 0 Å². The molecule has 1 unspecified atom stereocenters. The summed E-state index contributed by atoms with van der Waals surface area (Å²) in [5.74, 6) is 1.98. The van der Waals surface area contributed by atoms with E-state index >= 15 is 0 Å². The summed E-state index contributed by atoms with van der Waals surface area (Å²) in [6.07, 6.45) is 0.833. The summed E-state index contributed by atoms with van der Waals surface area (Å²) in [7, 11) is 3.37. The minimum absolute atomic E-state index is 0.264. The van der Waals surface area contributed by atoms with Crippen LogP contribution in [0.3, 0.4) is 0 Å². The van der Waals surface area contributed by atoms with Crippen molar-refractivity contribution in [2.45, 2.75) is 26.2 Å². The van der Waals surface area contributed by atoms with Crippen LogP contribution in [0.2, 0.25) is 0 Å². The largest absolute Gasteiger partial charge is 0.497 e. The summed E-state index contributed by atoms with van der Waals surface area (Å²) in [5.41, 5.74) is 11.0. The summed E-state index contributed by atoms with van der Waals surface area (Å²) in [4.78, 5) is 0. The third-order valence-electron chi connectivity index (χ3n) is 4.24. The highest BCUT2D eigenvalue weighted by Crippen LogP contribution is 2.30. The molecule has 0 radical (unpaired) electrons.